The SMILES string of the molecule is CCCCCCCCCCCCCCCC(=O)OC(=O)C(N)CC(=O)O.OCCN(CCO)CCO.OCCN(CCO)CCO. The second-order valence-electron chi connectivity index (χ2n) is 11.0. The molecule has 276 valence electrons. The number of hydrogen-bond acceptors (Lipinski definition) is 13. The van der Waals surface area contributed by atoms with E-state index in [1.807, 2.05) is 0 Å². The Morgan fingerprint density at radius 3 is 1.15 bits per heavy atom. The van der Waals surface area contributed by atoms with Gasteiger partial charge in [-0.3, -0.25) is 19.4 Å². The summed E-state index contributed by atoms with van der Waals surface area (Å²) in [5.41, 5.74) is 5.33. The highest BCUT2D eigenvalue weighted by molar-refractivity contribution is 5.90. The average Bonchev–Trinajstić information content (AvgIpc) is 3.00. The lowest BCUT2D eigenvalue weighted by Crippen LogP contribution is -2.35. The maximum Gasteiger partial charge on any atom is 0.331 e. The fraction of sp³-hybridized carbons (Fsp3) is 0.906. The van der Waals surface area contributed by atoms with E-state index in [-0.39, 0.29) is 46.1 Å². The minimum absolute atomic E-state index is 0.0694. The van der Waals surface area contributed by atoms with Crippen molar-refractivity contribution in [2.75, 3.05) is 78.9 Å². The van der Waals surface area contributed by atoms with Crippen LogP contribution in [-0.4, -0.2) is 148 Å². The van der Waals surface area contributed by atoms with Crippen LogP contribution >= 0.6 is 0 Å². The lowest BCUT2D eigenvalue weighted by atomic mass is 10.0. The van der Waals surface area contributed by atoms with E-state index in [2.05, 4.69) is 11.7 Å². The second-order valence-corrected chi connectivity index (χ2v) is 11.0. The summed E-state index contributed by atoms with van der Waals surface area (Å²) in [7, 11) is 0. The molecule has 0 heterocycles. The van der Waals surface area contributed by atoms with Crippen LogP contribution in [0.1, 0.15) is 103 Å². The molecule has 0 radical (unpaired) electrons. The quantitative estimate of drug-likeness (QED) is 0.0314. The van der Waals surface area contributed by atoms with Gasteiger partial charge in [-0.25, -0.2) is 4.79 Å². The fourth-order valence-electron chi connectivity index (χ4n) is 4.32. The molecule has 0 aromatic heterocycles. The van der Waals surface area contributed by atoms with Crippen LogP contribution in [0.4, 0.5) is 0 Å². The summed E-state index contributed by atoms with van der Waals surface area (Å²) in [6.45, 7) is 5.74. The topological polar surface area (TPSA) is 235 Å². The molecule has 0 spiro atoms. The Balaban J connectivity index is -0.000000752. The molecule has 1 atom stereocenters. The van der Waals surface area contributed by atoms with Crippen LogP contribution in [0, 0.1) is 0 Å². The molecule has 0 aliphatic carbocycles. The zero-order valence-electron chi connectivity index (χ0n) is 28.4. The molecule has 0 saturated carbocycles. The molecule has 0 aromatic carbocycles. The summed E-state index contributed by atoms with van der Waals surface area (Å²) in [5, 5.41) is 59.4. The zero-order valence-corrected chi connectivity index (χ0v) is 28.4. The van der Waals surface area contributed by atoms with Crippen molar-refractivity contribution in [3.05, 3.63) is 0 Å². The molecule has 0 fully saturated rings. The predicted octanol–water partition coefficient (Wildman–Crippen LogP) is 0.870. The molecule has 9 N–H and O–H groups in total. The lowest BCUT2D eigenvalue weighted by Gasteiger charge is -2.17. The monoisotopic (exact) mass is 669 g/mol. The number of aliphatic hydroxyl groups excluding tert-OH is 6. The van der Waals surface area contributed by atoms with E-state index in [1.165, 1.54) is 64.2 Å². The number of aliphatic hydroxyl groups is 6. The number of carbonyl (C=O) groups is 3. The van der Waals surface area contributed by atoms with Crippen LogP contribution in [0.25, 0.3) is 0 Å². The standard InChI is InChI=1S/C20H37NO5.2C6H15NO3/c1-2-3-4-5-6-7-8-9-10-11-12-13-14-15-19(24)26-20(25)17(21)16-18(22)23;2*8-4-1-7(2-5-9)3-6-10/h17H,2-16,21H2,1H3,(H,22,23);2*8-10H,1-6H2. The Kier molecular flexibility index (Phi) is 41.7. The summed E-state index contributed by atoms with van der Waals surface area (Å²) < 4.78 is 4.55. The van der Waals surface area contributed by atoms with E-state index >= 15 is 0 Å². The van der Waals surface area contributed by atoms with Gasteiger partial charge >= 0.3 is 17.9 Å². The second kappa shape index (κ2) is 39.4. The Morgan fingerprint density at radius 2 is 0.870 bits per heavy atom. The van der Waals surface area contributed by atoms with Crippen LogP contribution in [-0.2, 0) is 19.1 Å². The smallest absolute Gasteiger partial charge is 0.331 e. The van der Waals surface area contributed by atoms with Gasteiger partial charge < -0.3 is 46.2 Å². The van der Waals surface area contributed by atoms with Crippen LogP contribution in [0.3, 0.4) is 0 Å². The molecule has 0 aliphatic heterocycles. The van der Waals surface area contributed by atoms with Crippen LogP contribution < -0.4 is 5.73 Å². The number of carboxylic acids is 1. The third-order valence-corrected chi connectivity index (χ3v) is 6.89. The minimum Gasteiger partial charge on any atom is -0.481 e. The summed E-state index contributed by atoms with van der Waals surface area (Å²) in [6.07, 6.45) is 15.4. The highest BCUT2D eigenvalue weighted by atomic mass is 16.6. The number of aliphatic carboxylic acids is 1. The van der Waals surface area contributed by atoms with Crippen molar-refractivity contribution in [1.82, 2.24) is 9.80 Å². The van der Waals surface area contributed by atoms with Gasteiger partial charge in [-0.05, 0) is 6.42 Å². The maximum absolute atomic E-state index is 11.5. The van der Waals surface area contributed by atoms with Gasteiger partial charge in [0.15, 0.2) is 0 Å². The van der Waals surface area contributed by atoms with Gasteiger partial charge in [0.1, 0.15) is 6.04 Å². The van der Waals surface area contributed by atoms with Gasteiger partial charge in [0, 0.05) is 45.7 Å². The fourth-order valence-corrected chi connectivity index (χ4v) is 4.32. The van der Waals surface area contributed by atoms with Gasteiger partial charge in [-0.2, -0.15) is 0 Å². The number of unbranched alkanes of at least 4 members (excludes halogenated alkanes) is 12. The highest BCUT2D eigenvalue weighted by Gasteiger charge is 2.21. The third kappa shape index (κ3) is 38.4. The van der Waals surface area contributed by atoms with Gasteiger partial charge in [0.2, 0.25) is 0 Å². The molecule has 0 bridgehead atoms. The molecule has 0 rings (SSSR count). The summed E-state index contributed by atoms with van der Waals surface area (Å²) >= 11 is 0. The lowest BCUT2D eigenvalue weighted by molar-refractivity contribution is -0.162. The van der Waals surface area contributed by atoms with Crippen LogP contribution in [0.15, 0.2) is 0 Å². The van der Waals surface area contributed by atoms with Crippen LogP contribution in [0.2, 0.25) is 0 Å². The summed E-state index contributed by atoms with van der Waals surface area (Å²) in [4.78, 5) is 36.9. The molecule has 14 heteroatoms. The molecular formula is C32H67N3O11. The number of ether oxygens (including phenoxy) is 1. The molecule has 0 aliphatic rings. The van der Waals surface area contributed by atoms with Gasteiger partial charge in [-0.1, -0.05) is 84.0 Å². The largest absolute Gasteiger partial charge is 0.481 e. The normalized spacial score (nSPS) is 11.4. The molecule has 46 heavy (non-hydrogen) atoms. The van der Waals surface area contributed by atoms with Crippen LogP contribution in [0.5, 0.6) is 0 Å². The van der Waals surface area contributed by atoms with Crippen molar-refractivity contribution >= 4 is 17.9 Å². The van der Waals surface area contributed by atoms with E-state index < -0.39 is 30.4 Å². The summed E-state index contributed by atoms with van der Waals surface area (Å²) in [5.74, 6) is -2.79. The van der Waals surface area contributed by atoms with E-state index in [9.17, 15) is 14.4 Å². The number of carboxylic acid groups (broad SMARTS) is 1. The molecule has 0 amide bonds. The number of hydrogen-bond donors (Lipinski definition) is 8. The maximum atomic E-state index is 11.5. The number of esters is 2. The third-order valence-electron chi connectivity index (χ3n) is 6.89. The first-order chi connectivity index (χ1) is 22.2. The van der Waals surface area contributed by atoms with Crippen molar-refractivity contribution in [3.63, 3.8) is 0 Å². The average molecular weight is 670 g/mol. The molecule has 0 aromatic rings. The van der Waals surface area contributed by atoms with E-state index in [0.717, 1.165) is 12.8 Å². The molecule has 1 unspecified atom stereocenters. The van der Waals surface area contributed by atoms with E-state index in [1.54, 1.807) is 9.80 Å². The molecule has 14 nitrogen and oxygen atoms in total. The molecule has 0 saturated heterocycles. The minimum atomic E-state index is -1.29. The van der Waals surface area contributed by atoms with E-state index in [0.29, 0.717) is 45.7 Å². The number of rotatable bonds is 29. The number of carbonyl (C=O) groups excluding carboxylic acids is 2. The first-order valence-corrected chi connectivity index (χ1v) is 17.0. The Labute approximate surface area is 276 Å². The van der Waals surface area contributed by atoms with Crippen molar-refractivity contribution in [3.8, 4) is 0 Å². The molecular weight excluding hydrogens is 602 g/mol. The first kappa shape index (κ1) is 48.6. The van der Waals surface area contributed by atoms with Crippen molar-refractivity contribution in [2.24, 2.45) is 5.73 Å². The highest BCUT2D eigenvalue weighted by Crippen LogP contribution is 2.13. The van der Waals surface area contributed by atoms with E-state index in [4.69, 9.17) is 41.5 Å². The van der Waals surface area contributed by atoms with Crippen molar-refractivity contribution in [1.29, 1.82) is 0 Å². The number of nitrogens with zero attached hydrogens (tertiary/aromatic N) is 2. The Morgan fingerprint density at radius 1 is 0.565 bits per heavy atom. The van der Waals surface area contributed by atoms with Gasteiger partial charge in [0.25, 0.3) is 0 Å². The predicted molar refractivity (Wildman–Crippen MR) is 177 cm³/mol. The van der Waals surface area contributed by atoms with Crippen molar-refractivity contribution < 1.29 is 54.9 Å². The first-order valence-electron chi connectivity index (χ1n) is 17.0. The van der Waals surface area contributed by atoms with Gasteiger partial charge in [-0.15, -0.1) is 0 Å². The zero-order chi connectivity index (χ0) is 35.3. The van der Waals surface area contributed by atoms with Gasteiger partial charge in [0.05, 0.1) is 46.1 Å². The van der Waals surface area contributed by atoms with Crippen molar-refractivity contribution in [2.45, 2.75) is 109 Å². The Bertz CT molecular complexity index is 629. The number of nitrogens with two attached hydrogens (primary N) is 1. The summed E-state index contributed by atoms with van der Waals surface area (Å²) in [6, 6.07) is -1.29. The Hall–Kier alpha value is -1.75.